The third-order valence-electron chi connectivity index (χ3n) is 2.02. The molecule has 0 aliphatic rings. The van der Waals surface area contributed by atoms with Gasteiger partial charge in [0.25, 0.3) is 10.1 Å². The minimum Gasteiger partial charge on any atom is -0.461 e. The summed E-state index contributed by atoms with van der Waals surface area (Å²) in [6.45, 7) is 7.46. The van der Waals surface area contributed by atoms with Gasteiger partial charge in [-0.25, -0.2) is 4.79 Å². The smallest absolute Gasteiger partial charge is 0.333 e. The Balaban J connectivity index is 0.000000370. The van der Waals surface area contributed by atoms with Crippen LogP contribution in [0.5, 0.6) is 0 Å². The minimum absolute atomic E-state index is 0.0666. The van der Waals surface area contributed by atoms with Crippen LogP contribution < -0.4 is 5.73 Å². The third-order valence-corrected chi connectivity index (χ3v) is 2.89. The lowest BCUT2D eigenvalue weighted by Gasteiger charge is -1.99. The van der Waals surface area contributed by atoms with Crippen LogP contribution in [0, 0.1) is 6.92 Å². The Labute approximate surface area is 119 Å². The summed E-state index contributed by atoms with van der Waals surface area (Å²) in [5.41, 5.74) is 6.43. The van der Waals surface area contributed by atoms with E-state index in [0.29, 0.717) is 12.1 Å². The zero-order valence-electron chi connectivity index (χ0n) is 11.5. The molecule has 0 aliphatic carbocycles. The number of rotatable bonds is 4. The van der Waals surface area contributed by atoms with Gasteiger partial charge in [0.1, 0.15) is 6.61 Å². The second-order valence-electron chi connectivity index (χ2n) is 3.99. The van der Waals surface area contributed by atoms with Gasteiger partial charge in [0, 0.05) is 12.1 Å². The van der Waals surface area contributed by atoms with Gasteiger partial charge in [-0.3, -0.25) is 4.55 Å². The normalized spacial score (nSPS) is 10.2. The molecule has 0 saturated heterocycles. The molecule has 0 bridgehead atoms. The molecule has 0 amide bonds. The van der Waals surface area contributed by atoms with Crippen molar-refractivity contribution >= 4 is 16.1 Å². The molecule has 0 heterocycles. The summed E-state index contributed by atoms with van der Waals surface area (Å²) < 4.78 is 34.1. The van der Waals surface area contributed by atoms with E-state index in [2.05, 4.69) is 11.3 Å². The van der Waals surface area contributed by atoms with Crippen molar-refractivity contribution in [2.75, 3.05) is 13.2 Å². The second kappa shape index (κ2) is 8.47. The average Bonchev–Trinajstić information content (AvgIpc) is 2.36. The number of carbonyl (C=O) groups excluding carboxylic acids is 1. The first-order valence-corrected chi connectivity index (χ1v) is 7.19. The lowest BCUT2D eigenvalue weighted by atomic mass is 10.2. The Bertz CT molecular complexity index is 549. The summed E-state index contributed by atoms with van der Waals surface area (Å²) in [6, 6.07) is 5.99. The van der Waals surface area contributed by atoms with Crippen molar-refractivity contribution in [3.05, 3.63) is 42.0 Å². The molecule has 7 heteroatoms. The standard InChI is InChI=1S/C7H8O3S.C6H11NO2/c1-6-2-4-7(5-3-6)11(8,9)10;1-5(2)6(8)9-4-3-7/h2-5H,1H3,(H,8,9,10);1,3-4,7H2,2H3. The van der Waals surface area contributed by atoms with Gasteiger partial charge in [-0.2, -0.15) is 8.42 Å². The van der Waals surface area contributed by atoms with E-state index in [1.165, 1.54) is 12.1 Å². The summed E-state index contributed by atoms with van der Waals surface area (Å²) in [5.74, 6) is -0.375. The van der Waals surface area contributed by atoms with Crippen LogP contribution in [0.1, 0.15) is 12.5 Å². The molecule has 6 nitrogen and oxygen atoms in total. The molecule has 0 saturated carbocycles. The van der Waals surface area contributed by atoms with Crippen molar-refractivity contribution in [3.8, 4) is 0 Å². The summed E-state index contributed by atoms with van der Waals surface area (Å²) in [7, 11) is -4.02. The van der Waals surface area contributed by atoms with Crippen molar-refractivity contribution in [2.24, 2.45) is 5.73 Å². The zero-order valence-corrected chi connectivity index (χ0v) is 12.3. The molecule has 0 radical (unpaired) electrons. The van der Waals surface area contributed by atoms with E-state index in [1.807, 2.05) is 6.92 Å². The van der Waals surface area contributed by atoms with Gasteiger partial charge >= 0.3 is 5.97 Å². The SMILES string of the molecule is C=C(C)C(=O)OCCN.Cc1ccc(S(=O)(=O)O)cc1. The van der Waals surface area contributed by atoms with Crippen molar-refractivity contribution in [1.82, 2.24) is 0 Å². The first kappa shape index (κ1) is 18.3. The highest BCUT2D eigenvalue weighted by Gasteiger charge is 2.06. The monoisotopic (exact) mass is 301 g/mol. The van der Waals surface area contributed by atoms with E-state index in [9.17, 15) is 13.2 Å². The Morgan fingerprint density at radius 3 is 2.20 bits per heavy atom. The highest BCUT2D eigenvalue weighted by molar-refractivity contribution is 7.85. The molecule has 0 atom stereocenters. The lowest BCUT2D eigenvalue weighted by Crippen LogP contribution is -2.13. The van der Waals surface area contributed by atoms with Crippen LogP contribution >= 0.6 is 0 Å². The van der Waals surface area contributed by atoms with Gasteiger partial charge < -0.3 is 10.5 Å². The minimum atomic E-state index is -4.02. The molecule has 20 heavy (non-hydrogen) atoms. The summed E-state index contributed by atoms with van der Waals surface area (Å²) >= 11 is 0. The number of esters is 1. The molecule has 112 valence electrons. The van der Waals surface area contributed by atoms with Gasteiger partial charge in [0.2, 0.25) is 0 Å². The van der Waals surface area contributed by atoms with Gasteiger partial charge in [0.15, 0.2) is 0 Å². The third kappa shape index (κ3) is 7.67. The molecule has 0 unspecified atom stereocenters. The molecular weight excluding hydrogens is 282 g/mol. The summed E-state index contributed by atoms with van der Waals surface area (Å²) in [5, 5.41) is 0. The number of hydrogen-bond donors (Lipinski definition) is 2. The Hall–Kier alpha value is -1.70. The van der Waals surface area contributed by atoms with Crippen LogP contribution in [0.4, 0.5) is 0 Å². The topological polar surface area (TPSA) is 107 Å². The first-order valence-electron chi connectivity index (χ1n) is 5.75. The molecule has 1 aromatic rings. The van der Waals surface area contributed by atoms with E-state index in [4.69, 9.17) is 10.3 Å². The molecule has 1 rings (SSSR count). The maximum atomic E-state index is 10.5. The Morgan fingerprint density at radius 2 is 1.85 bits per heavy atom. The quantitative estimate of drug-likeness (QED) is 0.493. The van der Waals surface area contributed by atoms with Gasteiger partial charge in [-0.05, 0) is 26.0 Å². The average molecular weight is 301 g/mol. The van der Waals surface area contributed by atoms with Crippen LogP contribution in [0.3, 0.4) is 0 Å². The number of aryl methyl sites for hydroxylation is 1. The molecule has 1 aromatic carbocycles. The summed E-state index contributed by atoms with van der Waals surface area (Å²) in [6.07, 6.45) is 0. The van der Waals surface area contributed by atoms with Crippen LogP contribution in [0.15, 0.2) is 41.3 Å². The Morgan fingerprint density at radius 1 is 1.35 bits per heavy atom. The van der Waals surface area contributed by atoms with E-state index < -0.39 is 10.1 Å². The number of benzene rings is 1. The number of nitrogens with two attached hydrogens (primary N) is 1. The van der Waals surface area contributed by atoms with Gasteiger partial charge in [0.05, 0.1) is 4.90 Å². The maximum Gasteiger partial charge on any atom is 0.333 e. The van der Waals surface area contributed by atoms with E-state index in [1.54, 1.807) is 19.1 Å². The summed E-state index contributed by atoms with van der Waals surface area (Å²) in [4.78, 5) is 10.5. The number of hydrogen-bond acceptors (Lipinski definition) is 5. The predicted octanol–water partition coefficient (Wildman–Crippen LogP) is 1.31. The molecule has 0 aromatic heterocycles. The fourth-order valence-corrected chi connectivity index (χ4v) is 1.47. The van der Waals surface area contributed by atoms with Crippen LogP contribution in [0.2, 0.25) is 0 Å². The van der Waals surface area contributed by atoms with E-state index in [0.717, 1.165) is 5.56 Å². The molecule has 0 fully saturated rings. The Kier molecular flexibility index (Phi) is 7.75. The largest absolute Gasteiger partial charge is 0.461 e. The maximum absolute atomic E-state index is 10.5. The van der Waals surface area contributed by atoms with Crippen molar-refractivity contribution in [3.63, 3.8) is 0 Å². The fraction of sp³-hybridized carbons (Fsp3) is 0.308. The first-order chi connectivity index (χ1) is 9.18. The highest BCUT2D eigenvalue weighted by Crippen LogP contribution is 2.08. The number of carbonyl (C=O) groups is 1. The molecule has 0 spiro atoms. The van der Waals surface area contributed by atoms with E-state index in [-0.39, 0.29) is 17.5 Å². The number of ether oxygens (including phenoxy) is 1. The van der Waals surface area contributed by atoms with Gasteiger partial charge in [-0.15, -0.1) is 0 Å². The van der Waals surface area contributed by atoms with Crippen molar-refractivity contribution in [1.29, 1.82) is 0 Å². The predicted molar refractivity (Wildman–Crippen MR) is 75.8 cm³/mol. The molecule has 0 aliphatic heterocycles. The molecule has 3 N–H and O–H groups in total. The lowest BCUT2D eigenvalue weighted by molar-refractivity contribution is -0.138. The van der Waals surface area contributed by atoms with Crippen LogP contribution in [-0.2, 0) is 19.6 Å². The zero-order chi connectivity index (χ0) is 15.8. The van der Waals surface area contributed by atoms with Crippen molar-refractivity contribution < 1.29 is 22.5 Å². The van der Waals surface area contributed by atoms with Crippen LogP contribution in [-0.4, -0.2) is 32.1 Å². The van der Waals surface area contributed by atoms with Crippen LogP contribution in [0.25, 0.3) is 0 Å². The highest BCUT2D eigenvalue weighted by atomic mass is 32.2. The second-order valence-corrected chi connectivity index (χ2v) is 5.41. The van der Waals surface area contributed by atoms with Gasteiger partial charge in [-0.1, -0.05) is 24.3 Å². The fourth-order valence-electron chi connectivity index (χ4n) is 0.985. The molecular formula is C13H19NO5S. The van der Waals surface area contributed by atoms with E-state index >= 15 is 0 Å². The van der Waals surface area contributed by atoms with Crippen molar-refractivity contribution in [2.45, 2.75) is 18.7 Å².